The molecule has 0 aliphatic rings. The van der Waals surface area contributed by atoms with Crippen LogP contribution >= 0.6 is 0 Å². The Hall–Kier alpha value is 0.492. The average Bonchev–Trinajstić information content (AvgIpc) is 2.33. The van der Waals surface area contributed by atoms with Crippen molar-refractivity contribution < 1.29 is 3.79 Å². The van der Waals surface area contributed by atoms with Crippen molar-refractivity contribution in [1.29, 1.82) is 0 Å². The maximum Gasteiger partial charge on any atom is 0.454 e. The predicted molar refractivity (Wildman–Crippen MR) is 93.3 cm³/mol. The third-order valence-electron chi connectivity index (χ3n) is 5.98. The zero-order chi connectivity index (χ0) is 16.2. The largest absolute Gasteiger partial charge is 0.496 e. The van der Waals surface area contributed by atoms with Gasteiger partial charge in [-0.15, -0.1) is 0 Å². The average molecular weight is 298 g/mol. The molecule has 0 rings (SSSR count). The third kappa shape index (κ3) is 5.04. The summed E-state index contributed by atoms with van der Waals surface area (Å²) in [4.78, 5) is 0. The van der Waals surface area contributed by atoms with Gasteiger partial charge < -0.3 is 3.79 Å². The quantitative estimate of drug-likeness (QED) is 0.509. The second-order valence-corrected chi connectivity index (χ2v) is 10.5. The molecule has 0 saturated heterocycles. The van der Waals surface area contributed by atoms with Crippen molar-refractivity contribution in [2.75, 3.05) is 0 Å². The molecule has 2 heteroatoms. The van der Waals surface area contributed by atoms with Crippen LogP contribution in [0.4, 0.5) is 0 Å². The summed E-state index contributed by atoms with van der Waals surface area (Å²) in [6.45, 7) is 21.3. The fraction of sp³-hybridized carbons (Fsp3) is 1.00. The van der Waals surface area contributed by atoms with Crippen LogP contribution in [0.15, 0.2) is 0 Å². The lowest BCUT2D eigenvalue weighted by molar-refractivity contribution is -0.0680. The van der Waals surface area contributed by atoms with Crippen LogP contribution in [0.3, 0.4) is 0 Å². The fourth-order valence-corrected chi connectivity index (χ4v) is 4.78. The van der Waals surface area contributed by atoms with Crippen molar-refractivity contribution in [3.63, 3.8) is 0 Å². The van der Waals surface area contributed by atoms with Crippen LogP contribution in [0.2, 0.25) is 11.6 Å². The van der Waals surface area contributed by atoms with Crippen molar-refractivity contribution in [3.8, 4) is 0 Å². The smallest absolute Gasteiger partial charge is 0.454 e. The normalized spacial score (nSPS) is 21.4. The number of hydrogen-bond acceptors (Lipinski definition) is 1. The molecule has 0 amide bonds. The first-order valence-electron chi connectivity index (χ1n) is 8.62. The van der Waals surface area contributed by atoms with Gasteiger partial charge in [-0.3, -0.25) is 0 Å². The summed E-state index contributed by atoms with van der Waals surface area (Å²) >= 11 is -1.05. The topological polar surface area (TPSA) is 9.23 Å². The van der Waals surface area contributed by atoms with Crippen molar-refractivity contribution in [1.82, 2.24) is 0 Å². The van der Waals surface area contributed by atoms with Crippen LogP contribution in [0.1, 0.15) is 62.3 Å². The summed E-state index contributed by atoms with van der Waals surface area (Å²) in [6, 6.07) is 0. The monoisotopic (exact) mass is 298 g/mol. The van der Waals surface area contributed by atoms with Gasteiger partial charge >= 0.3 is 14.5 Å². The molecular weight excluding hydrogens is 259 g/mol. The van der Waals surface area contributed by atoms with Gasteiger partial charge in [-0.05, 0) is 42.4 Å². The minimum atomic E-state index is -1.05. The molecule has 120 valence electrons. The van der Waals surface area contributed by atoms with Gasteiger partial charge in [-0.25, -0.2) is 0 Å². The molecule has 0 radical (unpaired) electrons. The third-order valence-corrected chi connectivity index (χ3v) is 6.96. The van der Waals surface area contributed by atoms with Crippen molar-refractivity contribution in [2.24, 2.45) is 35.5 Å². The first-order valence-corrected chi connectivity index (χ1v) is 11.4. The van der Waals surface area contributed by atoms with E-state index in [9.17, 15) is 0 Å². The van der Waals surface area contributed by atoms with Gasteiger partial charge in [0.2, 0.25) is 0 Å². The van der Waals surface area contributed by atoms with E-state index in [2.05, 4.69) is 73.9 Å². The Morgan fingerprint density at radius 3 is 1.20 bits per heavy atom. The van der Waals surface area contributed by atoms with Crippen LogP contribution in [0.5, 0.6) is 0 Å². The van der Waals surface area contributed by atoms with Crippen molar-refractivity contribution in [2.45, 2.75) is 79.5 Å². The van der Waals surface area contributed by atoms with Crippen LogP contribution in [0, 0.1) is 35.5 Å². The SMILES string of the molecule is CC(C)C(C)C(C)C(C)([O][Al]([CH3])[CH3])C(C)C(C)C(C)C. The van der Waals surface area contributed by atoms with E-state index in [4.69, 9.17) is 3.79 Å². The van der Waals surface area contributed by atoms with Crippen LogP contribution < -0.4 is 0 Å². The highest BCUT2D eigenvalue weighted by Gasteiger charge is 2.43. The molecule has 0 N–H and O–H groups in total. The Labute approximate surface area is 133 Å². The van der Waals surface area contributed by atoms with E-state index < -0.39 is 14.5 Å². The lowest BCUT2D eigenvalue weighted by Gasteiger charge is -2.49. The van der Waals surface area contributed by atoms with Gasteiger partial charge in [0.1, 0.15) is 0 Å². The minimum Gasteiger partial charge on any atom is -0.496 e. The predicted octanol–water partition coefficient (Wildman–Crippen LogP) is 5.87. The molecule has 0 saturated carbocycles. The van der Waals surface area contributed by atoms with Gasteiger partial charge in [-0.2, -0.15) is 0 Å². The van der Waals surface area contributed by atoms with E-state index in [1.807, 2.05) is 0 Å². The van der Waals surface area contributed by atoms with Crippen molar-refractivity contribution >= 4 is 14.5 Å². The zero-order valence-corrected chi connectivity index (χ0v) is 17.1. The van der Waals surface area contributed by atoms with E-state index in [0.29, 0.717) is 35.5 Å². The first kappa shape index (κ1) is 20.5. The van der Waals surface area contributed by atoms with E-state index in [-0.39, 0.29) is 5.60 Å². The second kappa shape index (κ2) is 8.21. The van der Waals surface area contributed by atoms with Gasteiger partial charge in [0.25, 0.3) is 0 Å². The summed E-state index contributed by atoms with van der Waals surface area (Å²) in [7, 11) is 0. The van der Waals surface area contributed by atoms with E-state index in [1.165, 1.54) is 0 Å². The Balaban J connectivity index is 5.38. The summed E-state index contributed by atoms with van der Waals surface area (Å²) < 4.78 is 6.64. The zero-order valence-electron chi connectivity index (χ0n) is 15.9. The van der Waals surface area contributed by atoms with Gasteiger partial charge in [0.15, 0.2) is 0 Å². The van der Waals surface area contributed by atoms with E-state index >= 15 is 0 Å². The molecule has 0 aliphatic heterocycles. The summed E-state index contributed by atoms with van der Waals surface area (Å²) in [5.74, 6) is 8.59. The van der Waals surface area contributed by atoms with Crippen LogP contribution in [-0.4, -0.2) is 20.1 Å². The van der Waals surface area contributed by atoms with Crippen LogP contribution in [-0.2, 0) is 3.79 Å². The summed E-state index contributed by atoms with van der Waals surface area (Å²) in [5.41, 5.74) is 0.00770. The number of hydrogen-bond donors (Lipinski definition) is 0. The molecule has 0 bridgehead atoms. The molecule has 0 fully saturated rings. The first-order chi connectivity index (χ1) is 8.95. The molecular formula is C18H39AlO. The molecule has 1 nitrogen and oxygen atoms in total. The standard InChI is InChI=1S/C16H33O.2CH3.Al/c1-10(2)12(5)14(7)16(9,17)15(8)13(6)11(3)4;;;/h10-15H,1-9H3;2*1H3;/q-1;;;+1. The molecule has 0 aliphatic carbocycles. The lowest BCUT2D eigenvalue weighted by Crippen LogP contribution is -2.51. The Morgan fingerprint density at radius 2 is 1.00 bits per heavy atom. The second-order valence-electron chi connectivity index (χ2n) is 8.13. The molecule has 0 aromatic heterocycles. The Bertz CT molecular complexity index is 253. The van der Waals surface area contributed by atoms with Gasteiger partial charge in [0, 0.05) is 5.60 Å². The minimum absolute atomic E-state index is 0.00770. The Kier molecular flexibility index (Phi) is 8.41. The van der Waals surface area contributed by atoms with Crippen LogP contribution in [0.25, 0.3) is 0 Å². The van der Waals surface area contributed by atoms with Gasteiger partial charge in [-0.1, -0.05) is 67.0 Å². The highest BCUT2D eigenvalue weighted by atomic mass is 27.2. The highest BCUT2D eigenvalue weighted by Crippen LogP contribution is 2.42. The lowest BCUT2D eigenvalue weighted by atomic mass is 9.66. The summed E-state index contributed by atoms with van der Waals surface area (Å²) in [6.07, 6.45) is 0. The maximum absolute atomic E-state index is 6.64. The molecule has 0 spiro atoms. The summed E-state index contributed by atoms with van der Waals surface area (Å²) in [5, 5.41) is 0. The molecule has 0 aromatic carbocycles. The molecule has 0 heterocycles. The van der Waals surface area contributed by atoms with Gasteiger partial charge in [0.05, 0.1) is 0 Å². The van der Waals surface area contributed by atoms with Crippen molar-refractivity contribution in [3.05, 3.63) is 0 Å². The Morgan fingerprint density at radius 1 is 0.700 bits per heavy atom. The number of rotatable bonds is 8. The highest BCUT2D eigenvalue weighted by molar-refractivity contribution is 6.48. The maximum atomic E-state index is 6.64. The molecule has 0 aromatic rings. The molecule has 4 atom stereocenters. The fourth-order valence-electron chi connectivity index (χ4n) is 3.34. The van der Waals surface area contributed by atoms with E-state index in [0.717, 1.165) is 0 Å². The molecule has 4 unspecified atom stereocenters. The molecule has 20 heavy (non-hydrogen) atoms. The van der Waals surface area contributed by atoms with E-state index in [1.54, 1.807) is 0 Å².